The molecule has 0 aromatic heterocycles. The molecule has 0 fully saturated rings. The third kappa shape index (κ3) is 4.29. The second-order valence-corrected chi connectivity index (χ2v) is 4.79. The SMILES string of the molecule is CCOC(=O)c1ccc(NC(=O)Nc2cccc(F)c2C)cc1. The first-order chi connectivity index (χ1) is 11.0. The number of ether oxygens (including phenoxy) is 1. The van der Waals surface area contributed by atoms with E-state index in [0.29, 0.717) is 29.1 Å². The fourth-order valence-corrected chi connectivity index (χ4v) is 1.93. The van der Waals surface area contributed by atoms with Crippen LogP contribution in [-0.2, 0) is 4.74 Å². The van der Waals surface area contributed by atoms with Crippen molar-refractivity contribution in [3.05, 3.63) is 59.4 Å². The smallest absolute Gasteiger partial charge is 0.338 e. The molecule has 0 aliphatic rings. The first-order valence-corrected chi connectivity index (χ1v) is 7.11. The van der Waals surface area contributed by atoms with Gasteiger partial charge >= 0.3 is 12.0 Å². The molecule has 2 aromatic carbocycles. The number of esters is 1. The summed E-state index contributed by atoms with van der Waals surface area (Å²) in [5.41, 5.74) is 1.66. The predicted molar refractivity (Wildman–Crippen MR) is 86.2 cm³/mol. The number of nitrogens with one attached hydrogen (secondary N) is 2. The fourth-order valence-electron chi connectivity index (χ4n) is 1.93. The number of hydrogen-bond donors (Lipinski definition) is 2. The Morgan fingerprint density at radius 3 is 2.43 bits per heavy atom. The Bertz CT molecular complexity index is 714. The molecule has 0 saturated carbocycles. The summed E-state index contributed by atoms with van der Waals surface area (Å²) >= 11 is 0. The summed E-state index contributed by atoms with van der Waals surface area (Å²) in [7, 11) is 0. The van der Waals surface area contributed by atoms with E-state index in [1.807, 2.05) is 0 Å². The van der Waals surface area contributed by atoms with Gasteiger partial charge in [-0.1, -0.05) is 6.07 Å². The van der Waals surface area contributed by atoms with E-state index < -0.39 is 12.0 Å². The van der Waals surface area contributed by atoms with Crippen LogP contribution in [0, 0.1) is 12.7 Å². The average Bonchev–Trinajstić information content (AvgIpc) is 2.53. The third-order valence-corrected chi connectivity index (χ3v) is 3.17. The van der Waals surface area contributed by atoms with Gasteiger partial charge < -0.3 is 15.4 Å². The van der Waals surface area contributed by atoms with Crippen molar-refractivity contribution in [2.75, 3.05) is 17.2 Å². The summed E-state index contributed by atoms with van der Waals surface area (Å²) in [6.07, 6.45) is 0. The van der Waals surface area contributed by atoms with Gasteiger partial charge in [-0.25, -0.2) is 14.0 Å². The Morgan fingerprint density at radius 1 is 1.09 bits per heavy atom. The maximum atomic E-state index is 13.4. The van der Waals surface area contributed by atoms with Crippen molar-refractivity contribution in [3.8, 4) is 0 Å². The van der Waals surface area contributed by atoms with Crippen LogP contribution in [-0.4, -0.2) is 18.6 Å². The molecule has 2 rings (SSSR count). The van der Waals surface area contributed by atoms with Crippen LogP contribution in [0.15, 0.2) is 42.5 Å². The van der Waals surface area contributed by atoms with Gasteiger partial charge in [0, 0.05) is 16.9 Å². The third-order valence-electron chi connectivity index (χ3n) is 3.17. The summed E-state index contributed by atoms with van der Waals surface area (Å²) in [4.78, 5) is 23.5. The summed E-state index contributed by atoms with van der Waals surface area (Å²) in [5, 5.41) is 5.19. The molecule has 0 aliphatic carbocycles. The van der Waals surface area contributed by atoms with Gasteiger partial charge in [0.1, 0.15) is 5.82 Å². The molecule has 0 atom stereocenters. The Kier molecular flexibility index (Phi) is 5.30. The zero-order chi connectivity index (χ0) is 16.8. The number of carbonyl (C=O) groups excluding carboxylic acids is 2. The minimum atomic E-state index is -0.498. The van der Waals surface area contributed by atoms with Gasteiger partial charge in [0.05, 0.1) is 12.2 Å². The lowest BCUT2D eigenvalue weighted by molar-refractivity contribution is 0.0526. The monoisotopic (exact) mass is 316 g/mol. The standard InChI is InChI=1S/C17H17FN2O3/c1-3-23-16(21)12-7-9-13(10-8-12)19-17(22)20-15-6-4-5-14(18)11(15)2/h4-10H,3H2,1-2H3,(H2,19,20,22). The van der Waals surface area contributed by atoms with E-state index in [2.05, 4.69) is 10.6 Å². The van der Waals surface area contributed by atoms with Crippen molar-refractivity contribution < 1.29 is 18.7 Å². The van der Waals surface area contributed by atoms with Crippen molar-refractivity contribution >= 4 is 23.4 Å². The van der Waals surface area contributed by atoms with Gasteiger partial charge in [0.25, 0.3) is 0 Å². The lowest BCUT2D eigenvalue weighted by Gasteiger charge is -2.10. The van der Waals surface area contributed by atoms with Crippen LogP contribution in [0.25, 0.3) is 0 Å². The van der Waals surface area contributed by atoms with Gasteiger partial charge in [-0.3, -0.25) is 0 Å². The van der Waals surface area contributed by atoms with E-state index in [1.54, 1.807) is 44.2 Å². The normalized spacial score (nSPS) is 10.0. The Hall–Kier alpha value is -2.89. The Labute approximate surface area is 133 Å². The topological polar surface area (TPSA) is 67.4 Å². The molecule has 0 unspecified atom stereocenters. The van der Waals surface area contributed by atoms with Gasteiger partial charge in [-0.2, -0.15) is 0 Å². The highest BCUT2D eigenvalue weighted by atomic mass is 19.1. The van der Waals surface area contributed by atoms with Crippen molar-refractivity contribution in [2.24, 2.45) is 0 Å². The highest BCUT2D eigenvalue weighted by molar-refractivity contribution is 6.00. The summed E-state index contributed by atoms with van der Waals surface area (Å²) < 4.78 is 18.3. The zero-order valence-electron chi connectivity index (χ0n) is 12.9. The van der Waals surface area contributed by atoms with E-state index in [4.69, 9.17) is 4.74 Å². The molecule has 5 nitrogen and oxygen atoms in total. The van der Waals surface area contributed by atoms with Gasteiger partial charge in [-0.05, 0) is 50.2 Å². The molecule has 0 radical (unpaired) electrons. The minimum absolute atomic E-state index is 0.300. The molecule has 6 heteroatoms. The minimum Gasteiger partial charge on any atom is -0.462 e. The van der Waals surface area contributed by atoms with Crippen molar-refractivity contribution in [1.29, 1.82) is 0 Å². The van der Waals surface area contributed by atoms with Gasteiger partial charge in [-0.15, -0.1) is 0 Å². The number of hydrogen-bond acceptors (Lipinski definition) is 3. The number of benzene rings is 2. The summed E-state index contributed by atoms with van der Waals surface area (Å²) in [5.74, 6) is -0.805. The van der Waals surface area contributed by atoms with Gasteiger partial charge in [0.15, 0.2) is 0 Å². The molecule has 120 valence electrons. The zero-order valence-corrected chi connectivity index (χ0v) is 12.9. The second kappa shape index (κ2) is 7.40. The van der Waals surface area contributed by atoms with E-state index in [-0.39, 0.29) is 5.82 Å². The molecule has 0 aliphatic heterocycles. The van der Waals surface area contributed by atoms with E-state index in [0.717, 1.165) is 0 Å². The number of carbonyl (C=O) groups is 2. The predicted octanol–water partition coefficient (Wildman–Crippen LogP) is 3.95. The van der Waals surface area contributed by atoms with Crippen molar-refractivity contribution in [3.63, 3.8) is 0 Å². The number of halogens is 1. The first kappa shape index (κ1) is 16.5. The van der Waals surface area contributed by atoms with E-state index in [1.165, 1.54) is 12.1 Å². The van der Waals surface area contributed by atoms with Crippen LogP contribution in [0.1, 0.15) is 22.8 Å². The molecule has 23 heavy (non-hydrogen) atoms. The van der Waals surface area contributed by atoms with Gasteiger partial charge in [0.2, 0.25) is 0 Å². The molecule has 2 N–H and O–H groups in total. The van der Waals surface area contributed by atoms with Crippen molar-refractivity contribution in [1.82, 2.24) is 0 Å². The Morgan fingerprint density at radius 2 is 1.78 bits per heavy atom. The molecule has 0 bridgehead atoms. The van der Waals surface area contributed by atoms with Crippen LogP contribution in [0.2, 0.25) is 0 Å². The average molecular weight is 316 g/mol. The molecule has 0 heterocycles. The number of anilines is 2. The number of amides is 2. The molecular formula is C17H17FN2O3. The molecular weight excluding hydrogens is 299 g/mol. The molecule has 0 saturated heterocycles. The fraction of sp³-hybridized carbons (Fsp3) is 0.176. The van der Waals surface area contributed by atoms with Crippen LogP contribution >= 0.6 is 0 Å². The number of rotatable bonds is 4. The quantitative estimate of drug-likeness (QED) is 0.839. The second-order valence-electron chi connectivity index (χ2n) is 4.79. The number of urea groups is 1. The highest BCUT2D eigenvalue weighted by Crippen LogP contribution is 2.18. The first-order valence-electron chi connectivity index (χ1n) is 7.11. The van der Waals surface area contributed by atoms with Crippen LogP contribution < -0.4 is 10.6 Å². The summed E-state index contributed by atoms with van der Waals surface area (Å²) in [6.45, 7) is 3.61. The van der Waals surface area contributed by atoms with E-state index in [9.17, 15) is 14.0 Å². The van der Waals surface area contributed by atoms with Crippen molar-refractivity contribution in [2.45, 2.75) is 13.8 Å². The lowest BCUT2D eigenvalue weighted by atomic mass is 10.2. The largest absolute Gasteiger partial charge is 0.462 e. The van der Waals surface area contributed by atoms with Crippen LogP contribution in [0.3, 0.4) is 0 Å². The maximum absolute atomic E-state index is 13.4. The molecule has 2 aromatic rings. The summed E-state index contributed by atoms with van der Waals surface area (Å²) in [6, 6.07) is 10.2. The highest BCUT2D eigenvalue weighted by Gasteiger charge is 2.09. The molecule has 2 amide bonds. The lowest BCUT2D eigenvalue weighted by Crippen LogP contribution is -2.20. The van der Waals surface area contributed by atoms with E-state index >= 15 is 0 Å². The molecule has 0 spiro atoms. The van der Waals surface area contributed by atoms with Crippen LogP contribution in [0.4, 0.5) is 20.6 Å². The van der Waals surface area contributed by atoms with Crippen LogP contribution in [0.5, 0.6) is 0 Å². The maximum Gasteiger partial charge on any atom is 0.338 e. The Balaban J connectivity index is 2.00.